The lowest BCUT2D eigenvalue weighted by atomic mass is 10.1. The Kier molecular flexibility index (Phi) is 2.80. The second-order valence-electron chi connectivity index (χ2n) is 5.13. The van der Waals surface area contributed by atoms with Gasteiger partial charge in [0, 0.05) is 0 Å². The lowest BCUT2D eigenvalue weighted by Crippen LogP contribution is -2.37. The van der Waals surface area contributed by atoms with Gasteiger partial charge in [-0.1, -0.05) is 29.5 Å². The number of carbonyl (C=O) groups excluding carboxylic acids is 3. The molecule has 23 heavy (non-hydrogen) atoms. The van der Waals surface area contributed by atoms with E-state index in [2.05, 4.69) is 10.3 Å². The number of imide groups is 1. The summed E-state index contributed by atoms with van der Waals surface area (Å²) in [5.41, 5.74) is 1.74. The van der Waals surface area contributed by atoms with Crippen LogP contribution >= 0.6 is 0 Å². The number of hydrogen-bond acceptors (Lipinski definition) is 5. The molecule has 0 saturated heterocycles. The molecule has 4 rings (SSSR count). The Morgan fingerprint density at radius 1 is 0.913 bits per heavy atom. The lowest BCUT2D eigenvalue weighted by Gasteiger charge is -2.12. The van der Waals surface area contributed by atoms with E-state index >= 15 is 0 Å². The van der Waals surface area contributed by atoms with Crippen molar-refractivity contribution in [3.63, 3.8) is 0 Å². The van der Waals surface area contributed by atoms with Gasteiger partial charge in [-0.05, 0) is 24.3 Å². The maximum atomic E-state index is 12.4. The molecule has 0 bridgehead atoms. The first-order valence-electron chi connectivity index (χ1n) is 6.95. The molecule has 0 unspecified atom stereocenters. The SMILES string of the molecule is O=C1c2ccccc2C(=O)N1CC(=O)n1nnc2ccccc21. The van der Waals surface area contributed by atoms with Crippen LogP contribution in [-0.4, -0.2) is 44.2 Å². The maximum absolute atomic E-state index is 12.4. The van der Waals surface area contributed by atoms with Gasteiger partial charge in [0.15, 0.2) is 0 Å². The molecule has 7 nitrogen and oxygen atoms in total. The minimum Gasteiger partial charge on any atom is -0.270 e. The molecule has 3 aromatic rings. The third kappa shape index (κ3) is 1.94. The molecule has 1 aliphatic heterocycles. The summed E-state index contributed by atoms with van der Waals surface area (Å²) < 4.78 is 1.11. The topological polar surface area (TPSA) is 85.2 Å². The van der Waals surface area contributed by atoms with E-state index in [4.69, 9.17) is 0 Å². The van der Waals surface area contributed by atoms with E-state index in [0.717, 1.165) is 9.58 Å². The normalized spacial score (nSPS) is 13.7. The van der Waals surface area contributed by atoms with Crippen LogP contribution in [0.1, 0.15) is 25.5 Å². The first-order valence-corrected chi connectivity index (χ1v) is 6.95. The van der Waals surface area contributed by atoms with Crippen LogP contribution in [0, 0.1) is 0 Å². The Balaban J connectivity index is 1.65. The summed E-state index contributed by atoms with van der Waals surface area (Å²) >= 11 is 0. The summed E-state index contributed by atoms with van der Waals surface area (Å²) in [5.74, 6) is -1.43. The third-order valence-corrected chi connectivity index (χ3v) is 3.76. The average Bonchev–Trinajstić information content (AvgIpc) is 3.11. The Morgan fingerprint density at radius 3 is 2.22 bits per heavy atom. The van der Waals surface area contributed by atoms with Gasteiger partial charge in [0.1, 0.15) is 12.1 Å². The molecule has 2 amide bonds. The Bertz CT molecular complexity index is 941. The van der Waals surface area contributed by atoms with Gasteiger partial charge in [-0.25, -0.2) is 0 Å². The van der Waals surface area contributed by atoms with Gasteiger partial charge < -0.3 is 0 Å². The van der Waals surface area contributed by atoms with E-state index in [0.29, 0.717) is 22.2 Å². The molecule has 0 fully saturated rings. The molecule has 1 aliphatic rings. The third-order valence-electron chi connectivity index (χ3n) is 3.76. The van der Waals surface area contributed by atoms with E-state index in [1.54, 1.807) is 48.5 Å². The summed E-state index contributed by atoms with van der Waals surface area (Å²) in [5, 5.41) is 7.70. The fourth-order valence-corrected chi connectivity index (χ4v) is 2.64. The fourth-order valence-electron chi connectivity index (χ4n) is 2.64. The highest BCUT2D eigenvalue weighted by molar-refractivity contribution is 6.22. The first kappa shape index (κ1) is 13.3. The quantitative estimate of drug-likeness (QED) is 0.667. The molecule has 0 saturated carbocycles. The largest absolute Gasteiger partial charge is 0.270 e. The standard InChI is InChI=1S/C16H10N4O3/c21-14(20-13-8-4-3-7-12(13)17-18-20)9-19-15(22)10-5-1-2-6-11(10)16(19)23/h1-8H,9H2. The molecule has 2 aromatic carbocycles. The Morgan fingerprint density at radius 2 is 1.52 bits per heavy atom. The highest BCUT2D eigenvalue weighted by atomic mass is 16.2. The summed E-state index contributed by atoms with van der Waals surface area (Å²) in [6, 6.07) is 13.5. The second-order valence-corrected chi connectivity index (χ2v) is 5.13. The van der Waals surface area contributed by atoms with Gasteiger partial charge in [0.05, 0.1) is 16.6 Å². The number of aromatic nitrogens is 3. The van der Waals surface area contributed by atoms with Gasteiger partial charge in [0.2, 0.25) is 0 Å². The van der Waals surface area contributed by atoms with Gasteiger partial charge in [0.25, 0.3) is 17.7 Å². The minimum atomic E-state index is -0.492. The van der Waals surface area contributed by atoms with Crippen LogP contribution in [0.15, 0.2) is 48.5 Å². The van der Waals surface area contributed by atoms with E-state index in [1.165, 1.54) is 0 Å². The van der Waals surface area contributed by atoms with Crippen molar-refractivity contribution in [2.45, 2.75) is 0 Å². The number of rotatable bonds is 2. The van der Waals surface area contributed by atoms with Crippen LogP contribution in [0.4, 0.5) is 0 Å². The zero-order valence-corrected chi connectivity index (χ0v) is 11.8. The van der Waals surface area contributed by atoms with Crippen LogP contribution < -0.4 is 0 Å². The summed E-state index contributed by atoms with van der Waals surface area (Å²) in [4.78, 5) is 37.9. The highest BCUT2D eigenvalue weighted by Gasteiger charge is 2.36. The second kappa shape index (κ2) is 4.84. The van der Waals surface area contributed by atoms with Crippen molar-refractivity contribution in [3.05, 3.63) is 59.7 Å². The van der Waals surface area contributed by atoms with Crippen molar-refractivity contribution in [2.75, 3.05) is 6.54 Å². The van der Waals surface area contributed by atoms with Crippen molar-refractivity contribution < 1.29 is 14.4 Å². The summed E-state index contributed by atoms with van der Waals surface area (Å²) in [6.07, 6.45) is 0. The minimum absolute atomic E-state index is 0.314. The monoisotopic (exact) mass is 306 g/mol. The molecule has 0 N–H and O–H groups in total. The summed E-state index contributed by atoms with van der Waals surface area (Å²) in [6.45, 7) is -0.375. The van der Waals surface area contributed by atoms with Gasteiger partial charge >= 0.3 is 0 Å². The average molecular weight is 306 g/mol. The van der Waals surface area contributed by atoms with Crippen LogP contribution in [0.25, 0.3) is 11.0 Å². The van der Waals surface area contributed by atoms with Gasteiger partial charge in [-0.3, -0.25) is 19.3 Å². The molecule has 2 heterocycles. The molecule has 0 aliphatic carbocycles. The highest BCUT2D eigenvalue weighted by Crippen LogP contribution is 2.22. The smallest absolute Gasteiger partial charge is 0.269 e. The van der Waals surface area contributed by atoms with Crippen molar-refractivity contribution in [3.8, 4) is 0 Å². The van der Waals surface area contributed by atoms with Crippen LogP contribution in [0.3, 0.4) is 0 Å². The van der Waals surface area contributed by atoms with Crippen molar-refractivity contribution >= 4 is 28.8 Å². The Labute approximate surface area is 130 Å². The van der Waals surface area contributed by atoms with Gasteiger partial charge in [-0.2, -0.15) is 4.68 Å². The molecule has 0 spiro atoms. The lowest BCUT2D eigenvalue weighted by molar-refractivity contribution is 0.0602. The van der Waals surface area contributed by atoms with E-state index in [9.17, 15) is 14.4 Å². The number of amides is 2. The number of benzene rings is 2. The first-order chi connectivity index (χ1) is 11.2. The molecular formula is C16H10N4O3. The number of fused-ring (bicyclic) bond motifs is 2. The van der Waals surface area contributed by atoms with Gasteiger partial charge in [-0.15, -0.1) is 5.10 Å². The molecule has 0 radical (unpaired) electrons. The number of carbonyl (C=O) groups is 3. The van der Waals surface area contributed by atoms with E-state index in [1.807, 2.05) is 0 Å². The fraction of sp³-hybridized carbons (Fsp3) is 0.0625. The van der Waals surface area contributed by atoms with Crippen molar-refractivity contribution in [2.24, 2.45) is 0 Å². The molecule has 0 atom stereocenters. The molecule has 1 aromatic heterocycles. The van der Waals surface area contributed by atoms with Crippen LogP contribution in [0.2, 0.25) is 0 Å². The van der Waals surface area contributed by atoms with Crippen molar-refractivity contribution in [1.29, 1.82) is 0 Å². The predicted molar refractivity (Wildman–Crippen MR) is 80.0 cm³/mol. The number of hydrogen-bond donors (Lipinski definition) is 0. The Hall–Kier alpha value is -3.35. The number of nitrogens with zero attached hydrogens (tertiary/aromatic N) is 4. The zero-order chi connectivity index (χ0) is 16.0. The van der Waals surface area contributed by atoms with Crippen LogP contribution in [-0.2, 0) is 0 Å². The molecule has 7 heteroatoms. The molecule has 112 valence electrons. The summed E-state index contributed by atoms with van der Waals surface area (Å²) in [7, 11) is 0. The zero-order valence-electron chi connectivity index (χ0n) is 11.8. The maximum Gasteiger partial charge on any atom is 0.269 e. The van der Waals surface area contributed by atoms with Crippen molar-refractivity contribution in [1.82, 2.24) is 19.9 Å². The van der Waals surface area contributed by atoms with E-state index in [-0.39, 0.29) is 6.54 Å². The number of para-hydroxylation sites is 1. The predicted octanol–water partition coefficient (Wildman–Crippen LogP) is 1.37. The van der Waals surface area contributed by atoms with Crippen LogP contribution in [0.5, 0.6) is 0 Å². The molecular weight excluding hydrogens is 296 g/mol. The van der Waals surface area contributed by atoms with E-state index < -0.39 is 17.7 Å².